The molecular formula is C17H26N2O3. The molecule has 0 aliphatic carbocycles. The van der Waals surface area contributed by atoms with Gasteiger partial charge in [0.25, 0.3) is 0 Å². The third-order valence-electron chi connectivity index (χ3n) is 3.19. The van der Waals surface area contributed by atoms with Crippen LogP contribution in [-0.4, -0.2) is 17.5 Å². The van der Waals surface area contributed by atoms with E-state index in [0.717, 1.165) is 12.8 Å². The number of hydrazine groups is 1. The average molecular weight is 306 g/mol. The summed E-state index contributed by atoms with van der Waals surface area (Å²) in [5, 5.41) is 0. The Balaban J connectivity index is 2.57. The average Bonchev–Trinajstić information content (AvgIpc) is 2.45. The molecule has 1 unspecified atom stereocenters. The number of esters is 1. The molecule has 22 heavy (non-hydrogen) atoms. The van der Waals surface area contributed by atoms with Crippen LogP contribution in [0.3, 0.4) is 0 Å². The van der Waals surface area contributed by atoms with Gasteiger partial charge in [0.1, 0.15) is 5.60 Å². The summed E-state index contributed by atoms with van der Waals surface area (Å²) >= 11 is 0. The van der Waals surface area contributed by atoms with Crippen LogP contribution in [0.4, 0.5) is 0 Å². The molecule has 1 aromatic rings. The van der Waals surface area contributed by atoms with E-state index in [2.05, 4.69) is 17.6 Å². The predicted octanol–water partition coefficient (Wildman–Crippen LogP) is 2.35. The van der Waals surface area contributed by atoms with E-state index in [4.69, 9.17) is 10.6 Å². The zero-order chi connectivity index (χ0) is 16.6. The summed E-state index contributed by atoms with van der Waals surface area (Å²) in [5.41, 5.74) is 2.73. The Morgan fingerprint density at radius 1 is 1.23 bits per heavy atom. The molecular weight excluding hydrogens is 280 g/mol. The van der Waals surface area contributed by atoms with Crippen LogP contribution >= 0.6 is 0 Å². The van der Waals surface area contributed by atoms with Crippen molar-refractivity contribution in [3.05, 3.63) is 35.9 Å². The molecule has 3 N–H and O–H groups in total. The molecule has 0 aliphatic rings. The van der Waals surface area contributed by atoms with Crippen LogP contribution < -0.4 is 11.3 Å². The summed E-state index contributed by atoms with van der Waals surface area (Å²) in [4.78, 5) is 23.7. The Kier molecular flexibility index (Phi) is 7.05. The van der Waals surface area contributed by atoms with Gasteiger partial charge in [-0.1, -0.05) is 30.3 Å². The first kappa shape index (κ1) is 18.2. The van der Waals surface area contributed by atoms with Crippen molar-refractivity contribution in [3.8, 4) is 0 Å². The van der Waals surface area contributed by atoms with Gasteiger partial charge in [-0.2, -0.15) is 0 Å². The molecule has 0 bridgehead atoms. The Morgan fingerprint density at radius 2 is 1.86 bits per heavy atom. The maximum absolute atomic E-state index is 12.2. The normalized spacial score (nSPS) is 12.5. The third kappa shape index (κ3) is 7.22. The largest absolute Gasteiger partial charge is 0.460 e. The minimum atomic E-state index is -0.562. The SMILES string of the molecule is CC(C)(C)OC(=O)C(CCCc1ccccc1)CC(=O)NN. The van der Waals surface area contributed by atoms with E-state index < -0.39 is 11.5 Å². The second kappa shape index (κ2) is 8.54. The van der Waals surface area contributed by atoms with E-state index in [1.165, 1.54) is 5.56 Å². The van der Waals surface area contributed by atoms with Crippen molar-refractivity contribution < 1.29 is 14.3 Å². The number of rotatable bonds is 7. The number of hydrogen-bond acceptors (Lipinski definition) is 4. The first-order valence-corrected chi connectivity index (χ1v) is 7.58. The van der Waals surface area contributed by atoms with Crippen LogP contribution in [0.15, 0.2) is 30.3 Å². The highest BCUT2D eigenvalue weighted by molar-refractivity contribution is 5.82. The van der Waals surface area contributed by atoms with Crippen LogP contribution in [0, 0.1) is 5.92 Å². The van der Waals surface area contributed by atoms with Gasteiger partial charge < -0.3 is 4.74 Å². The Morgan fingerprint density at radius 3 is 2.41 bits per heavy atom. The fourth-order valence-electron chi connectivity index (χ4n) is 2.17. The van der Waals surface area contributed by atoms with Crippen molar-refractivity contribution in [2.75, 3.05) is 0 Å². The van der Waals surface area contributed by atoms with E-state index in [1.54, 1.807) is 0 Å². The second-order valence-corrected chi connectivity index (χ2v) is 6.38. The Labute approximate surface area is 132 Å². The van der Waals surface area contributed by atoms with Crippen molar-refractivity contribution in [3.63, 3.8) is 0 Å². The fourth-order valence-corrected chi connectivity index (χ4v) is 2.17. The topological polar surface area (TPSA) is 81.4 Å². The highest BCUT2D eigenvalue weighted by Crippen LogP contribution is 2.19. The van der Waals surface area contributed by atoms with Crippen LogP contribution in [0.25, 0.3) is 0 Å². The maximum Gasteiger partial charge on any atom is 0.309 e. The van der Waals surface area contributed by atoms with Crippen molar-refractivity contribution in [2.24, 2.45) is 11.8 Å². The molecule has 0 saturated heterocycles. The number of nitrogens with one attached hydrogen (secondary N) is 1. The van der Waals surface area contributed by atoms with Crippen molar-refractivity contribution in [1.82, 2.24) is 5.43 Å². The molecule has 122 valence electrons. The zero-order valence-electron chi connectivity index (χ0n) is 13.6. The van der Waals surface area contributed by atoms with Crippen molar-refractivity contribution in [1.29, 1.82) is 0 Å². The van der Waals surface area contributed by atoms with Crippen LogP contribution in [-0.2, 0) is 20.7 Å². The van der Waals surface area contributed by atoms with Crippen LogP contribution in [0.1, 0.15) is 45.6 Å². The molecule has 0 fully saturated rings. The molecule has 0 aliphatic heterocycles. The second-order valence-electron chi connectivity index (χ2n) is 6.38. The number of aryl methyl sites for hydroxylation is 1. The van der Waals surface area contributed by atoms with Gasteiger partial charge in [0.2, 0.25) is 5.91 Å². The van der Waals surface area contributed by atoms with E-state index in [9.17, 15) is 9.59 Å². The lowest BCUT2D eigenvalue weighted by molar-refractivity contribution is -0.161. The first-order valence-electron chi connectivity index (χ1n) is 7.58. The number of nitrogens with two attached hydrogens (primary N) is 1. The Hall–Kier alpha value is -1.88. The minimum absolute atomic E-state index is 0.0558. The quantitative estimate of drug-likeness (QED) is 0.351. The van der Waals surface area contributed by atoms with Gasteiger partial charge in [-0.15, -0.1) is 0 Å². The molecule has 1 rings (SSSR count). The standard InChI is InChI=1S/C17H26N2O3/c1-17(2,3)22-16(21)14(12-15(20)19-18)11-7-10-13-8-5-4-6-9-13/h4-6,8-9,14H,7,10-12,18H2,1-3H3,(H,19,20). The van der Waals surface area contributed by atoms with Gasteiger partial charge in [-0.25, -0.2) is 5.84 Å². The van der Waals surface area contributed by atoms with E-state index in [0.29, 0.717) is 6.42 Å². The van der Waals surface area contributed by atoms with Gasteiger partial charge in [0, 0.05) is 6.42 Å². The highest BCUT2D eigenvalue weighted by atomic mass is 16.6. The molecule has 0 radical (unpaired) electrons. The first-order chi connectivity index (χ1) is 10.3. The predicted molar refractivity (Wildman–Crippen MR) is 85.7 cm³/mol. The number of hydrogen-bond donors (Lipinski definition) is 2. The van der Waals surface area contributed by atoms with Gasteiger partial charge >= 0.3 is 5.97 Å². The number of ether oxygens (including phenoxy) is 1. The summed E-state index contributed by atoms with van der Waals surface area (Å²) in [5.74, 6) is 3.95. The highest BCUT2D eigenvalue weighted by Gasteiger charge is 2.26. The number of amides is 1. The monoisotopic (exact) mass is 306 g/mol. The molecule has 0 aromatic heterocycles. The maximum atomic E-state index is 12.2. The molecule has 0 spiro atoms. The van der Waals surface area contributed by atoms with Crippen LogP contribution in [0.2, 0.25) is 0 Å². The van der Waals surface area contributed by atoms with Gasteiger partial charge in [0.05, 0.1) is 5.92 Å². The van der Waals surface area contributed by atoms with E-state index in [-0.39, 0.29) is 18.3 Å². The van der Waals surface area contributed by atoms with Crippen molar-refractivity contribution in [2.45, 2.75) is 52.1 Å². The lowest BCUT2D eigenvalue weighted by Gasteiger charge is -2.23. The molecule has 5 heteroatoms. The fraction of sp³-hybridized carbons (Fsp3) is 0.529. The van der Waals surface area contributed by atoms with Gasteiger partial charge in [-0.05, 0) is 45.6 Å². The number of carbonyl (C=O) groups is 2. The number of benzene rings is 1. The molecule has 0 heterocycles. The summed E-state index contributed by atoms with van der Waals surface area (Å²) in [6.07, 6.45) is 2.33. The van der Waals surface area contributed by atoms with E-state index in [1.807, 2.05) is 39.0 Å². The van der Waals surface area contributed by atoms with Gasteiger partial charge in [0.15, 0.2) is 0 Å². The molecule has 5 nitrogen and oxygen atoms in total. The molecule has 0 saturated carbocycles. The van der Waals surface area contributed by atoms with Crippen LogP contribution in [0.5, 0.6) is 0 Å². The summed E-state index contributed by atoms with van der Waals surface area (Å²) in [6, 6.07) is 10.0. The summed E-state index contributed by atoms with van der Waals surface area (Å²) < 4.78 is 5.39. The Bertz CT molecular complexity index is 480. The zero-order valence-corrected chi connectivity index (χ0v) is 13.6. The minimum Gasteiger partial charge on any atom is -0.460 e. The summed E-state index contributed by atoms with van der Waals surface area (Å²) in [7, 11) is 0. The molecule has 1 amide bonds. The van der Waals surface area contributed by atoms with Crippen molar-refractivity contribution >= 4 is 11.9 Å². The third-order valence-corrected chi connectivity index (χ3v) is 3.19. The molecule has 1 aromatic carbocycles. The lowest BCUT2D eigenvalue weighted by Crippen LogP contribution is -2.35. The number of carbonyl (C=O) groups excluding carboxylic acids is 2. The van der Waals surface area contributed by atoms with E-state index >= 15 is 0 Å². The lowest BCUT2D eigenvalue weighted by atomic mass is 9.96. The van der Waals surface area contributed by atoms with Gasteiger partial charge in [-0.3, -0.25) is 15.0 Å². The smallest absolute Gasteiger partial charge is 0.309 e. The summed E-state index contributed by atoms with van der Waals surface area (Å²) in [6.45, 7) is 5.44. The molecule has 1 atom stereocenters.